The molecule has 1 saturated carbocycles. The minimum Gasteiger partial charge on any atom is -0.381 e. The summed E-state index contributed by atoms with van der Waals surface area (Å²) in [5.74, 6) is -0.115. The van der Waals surface area contributed by atoms with E-state index in [1.54, 1.807) is 12.4 Å². The summed E-state index contributed by atoms with van der Waals surface area (Å²) in [6, 6.07) is 8.49. The molecule has 0 atom stereocenters. The number of carbonyl (C=O) groups is 1. The van der Waals surface area contributed by atoms with Crippen molar-refractivity contribution in [3.8, 4) is 0 Å². The third kappa shape index (κ3) is 3.27. The fourth-order valence-electron chi connectivity index (χ4n) is 2.49. The Morgan fingerprint density at radius 3 is 2.86 bits per heavy atom. The molecule has 0 unspecified atom stereocenters. The first-order chi connectivity index (χ1) is 10.7. The van der Waals surface area contributed by atoms with E-state index in [0.717, 1.165) is 28.9 Å². The standard InChI is InChI=1S/C18H21N3O/c1-3-13-6-4-5-12(2)17(13)21-18(22)14-9-16(11-19-10-14)20-15-7-8-15/h4-6,9-11,15,20H,3,7-8H2,1-2H3,(H,21,22). The molecule has 1 aliphatic rings. The molecule has 1 aromatic heterocycles. The van der Waals surface area contributed by atoms with Crippen LogP contribution in [0.15, 0.2) is 36.7 Å². The minimum atomic E-state index is -0.115. The van der Waals surface area contributed by atoms with Gasteiger partial charge in [0.1, 0.15) is 0 Å². The predicted molar refractivity (Wildman–Crippen MR) is 89.4 cm³/mol. The van der Waals surface area contributed by atoms with E-state index in [4.69, 9.17) is 0 Å². The molecule has 1 aromatic carbocycles. The number of hydrogen-bond acceptors (Lipinski definition) is 3. The number of para-hydroxylation sites is 1. The summed E-state index contributed by atoms with van der Waals surface area (Å²) in [5.41, 5.74) is 4.63. The zero-order chi connectivity index (χ0) is 15.5. The van der Waals surface area contributed by atoms with E-state index in [0.29, 0.717) is 11.6 Å². The van der Waals surface area contributed by atoms with E-state index in [-0.39, 0.29) is 5.91 Å². The van der Waals surface area contributed by atoms with Crippen molar-refractivity contribution in [1.82, 2.24) is 4.98 Å². The average Bonchev–Trinajstić information content (AvgIpc) is 3.33. The molecular weight excluding hydrogens is 274 g/mol. The van der Waals surface area contributed by atoms with Gasteiger partial charge in [0.25, 0.3) is 5.91 Å². The molecule has 0 saturated heterocycles. The Kier molecular flexibility index (Phi) is 4.09. The maximum absolute atomic E-state index is 12.5. The number of pyridine rings is 1. The molecule has 1 fully saturated rings. The van der Waals surface area contributed by atoms with Crippen molar-refractivity contribution in [3.05, 3.63) is 53.3 Å². The van der Waals surface area contributed by atoms with Gasteiger partial charge in [-0.15, -0.1) is 0 Å². The van der Waals surface area contributed by atoms with Crippen LogP contribution in [0.2, 0.25) is 0 Å². The molecule has 1 heterocycles. The molecule has 4 nitrogen and oxygen atoms in total. The van der Waals surface area contributed by atoms with Gasteiger partial charge in [0.05, 0.1) is 11.3 Å². The topological polar surface area (TPSA) is 54.0 Å². The first-order valence-electron chi connectivity index (χ1n) is 7.79. The maximum atomic E-state index is 12.5. The van der Waals surface area contributed by atoms with Crippen LogP contribution in [-0.4, -0.2) is 16.9 Å². The van der Waals surface area contributed by atoms with Crippen LogP contribution in [0.25, 0.3) is 0 Å². The Hall–Kier alpha value is -2.36. The molecule has 22 heavy (non-hydrogen) atoms. The van der Waals surface area contributed by atoms with Gasteiger partial charge in [-0.25, -0.2) is 0 Å². The van der Waals surface area contributed by atoms with Gasteiger partial charge in [0, 0.05) is 24.1 Å². The summed E-state index contributed by atoms with van der Waals surface area (Å²) in [5, 5.41) is 6.40. The fourth-order valence-corrected chi connectivity index (χ4v) is 2.49. The van der Waals surface area contributed by atoms with E-state index in [2.05, 4.69) is 22.5 Å². The average molecular weight is 295 g/mol. The van der Waals surface area contributed by atoms with Crippen molar-refractivity contribution in [2.24, 2.45) is 0 Å². The summed E-state index contributed by atoms with van der Waals surface area (Å²) in [7, 11) is 0. The van der Waals surface area contributed by atoms with E-state index < -0.39 is 0 Å². The fraction of sp³-hybridized carbons (Fsp3) is 0.333. The van der Waals surface area contributed by atoms with Crippen molar-refractivity contribution in [3.63, 3.8) is 0 Å². The van der Waals surface area contributed by atoms with E-state index in [1.165, 1.54) is 12.8 Å². The van der Waals surface area contributed by atoms with Crippen LogP contribution in [0.3, 0.4) is 0 Å². The lowest BCUT2D eigenvalue weighted by Crippen LogP contribution is -2.15. The van der Waals surface area contributed by atoms with E-state index >= 15 is 0 Å². The molecule has 2 N–H and O–H groups in total. The van der Waals surface area contributed by atoms with Crippen molar-refractivity contribution < 1.29 is 4.79 Å². The van der Waals surface area contributed by atoms with Crippen molar-refractivity contribution in [2.45, 2.75) is 39.2 Å². The molecule has 114 valence electrons. The van der Waals surface area contributed by atoms with E-state index in [1.807, 2.05) is 31.2 Å². The SMILES string of the molecule is CCc1cccc(C)c1NC(=O)c1cncc(NC2CC2)c1. The molecular formula is C18H21N3O. The highest BCUT2D eigenvalue weighted by Gasteiger charge is 2.21. The second-order valence-electron chi connectivity index (χ2n) is 5.80. The van der Waals surface area contributed by atoms with Gasteiger partial charge in [-0.2, -0.15) is 0 Å². The van der Waals surface area contributed by atoms with Gasteiger partial charge in [-0.1, -0.05) is 25.1 Å². The third-order valence-corrected chi connectivity index (χ3v) is 3.93. The minimum absolute atomic E-state index is 0.115. The first-order valence-corrected chi connectivity index (χ1v) is 7.79. The molecule has 0 bridgehead atoms. The number of carbonyl (C=O) groups excluding carboxylic acids is 1. The molecule has 0 spiro atoms. The number of benzene rings is 1. The third-order valence-electron chi connectivity index (χ3n) is 3.93. The summed E-state index contributed by atoms with van der Waals surface area (Å²) >= 11 is 0. The lowest BCUT2D eigenvalue weighted by atomic mass is 10.1. The van der Waals surface area contributed by atoms with Crippen LogP contribution in [0, 0.1) is 6.92 Å². The lowest BCUT2D eigenvalue weighted by Gasteiger charge is -2.13. The Morgan fingerprint density at radius 2 is 2.14 bits per heavy atom. The molecule has 3 rings (SSSR count). The Labute approximate surface area is 131 Å². The maximum Gasteiger partial charge on any atom is 0.257 e. The van der Waals surface area contributed by atoms with Crippen LogP contribution < -0.4 is 10.6 Å². The molecule has 1 aliphatic carbocycles. The predicted octanol–water partition coefficient (Wildman–Crippen LogP) is 3.78. The van der Waals surface area contributed by atoms with Crippen molar-refractivity contribution in [2.75, 3.05) is 10.6 Å². The van der Waals surface area contributed by atoms with Gasteiger partial charge in [0.15, 0.2) is 0 Å². The largest absolute Gasteiger partial charge is 0.381 e. The Morgan fingerprint density at radius 1 is 1.32 bits per heavy atom. The Balaban J connectivity index is 1.79. The highest BCUT2D eigenvalue weighted by molar-refractivity contribution is 6.05. The number of aryl methyl sites for hydroxylation is 2. The number of nitrogens with one attached hydrogen (secondary N) is 2. The highest BCUT2D eigenvalue weighted by Crippen LogP contribution is 2.25. The second kappa shape index (κ2) is 6.18. The van der Waals surface area contributed by atoms with Gasteiger partial charge < -0.3 is 10.6 Å². The number of anilines is 2. The van der Waals surface area contributed by atoms with Crippen molar-refractivity contribution >= 4 is 17.3 Å². The first kappa shape index (κ1) is 14.6. The zero-order valence-corrected chi connectivity index (χ0v) is 13.0. The van der Waals surface area contributed by atoms with Gasteiger partial charge in [0.2, 0.25) is 0 Å². The summed E-state index contributed by atoms with van der Waals surface area (Å²) < 4.78 is 0. The number of rotatable bonds is 5. The number of hydrogen-bond donors (Lipinski definition) is 2. The number of nitrogens with zero attached hydrogens (tertiary/aromatic N) is 1. The second-order valence-corrected chi connectivity index (χ2v) is 5.80. The lowest BCUT2D eigenvalue weighted by molar-refractivity contribution is 0.102. The Bertz CT molecular complexity index is 692. The smallest absolute Gasteiger partial charge is 0.257 e. The number of amides is 1. The van der Waals surface area contributed by atoms with Crippen LogP contribution in [-0.2, 0) is 6.42 Å². The highest BCUT2D eigenvalue weighted by atomic mass is 16.1. The van der Waals surface area contributed by atoms with Gasteiger partial charge >= 0.3 is 0 Å². The quantitative estimate of drug-likeness (QED) is 0.882. The summed E-state index contributed by atoms with van der Waals surface area (Å²) in [4.78, 5) is 16.7. The molecule has 4 heteroatoms. The van der Waals surface area contributed by atoms with Crippen molar-refractivity contribution in [1.29, 1.82) is 0 Å². The van der Waals surface area contributed by atoms with Crippen LogP contribution >= 0.6 is 0 Å². The summed E-state index contributed by atoms with van der Waals surface area (Å²) in [6.45, 7) is 4.10. The van der Waals surface area contributed by atoms with Crippen LogP contribution in [0.4, 0.5) is 11.4 Å². The monoisotopic (exact) mass is 295 g/mol. The van der Waals surface area contributed by atoms with Crippen LogP contribution in [0.5, 0.6) is 0 Å². The molecule has 0 aliphatic heterocycles. The number of aromatic nitrogens is 1. The van der Waals surface area contributed by atoms with Crippen LogP contribution in [0.1, 0.15) is 41.3 Å². The molecule has 1 amide bonds. The summed E-state index contributed by atoms with van der Waals surface area (Å²) in [6.07, 6.45) is 6.65. The van der Waals surface area contributed by atoms with E-state index in [9.17, 15) is 4.79 Å². The van der Waals surface area contributed by atoms with Gasteiger partial charge in [-0.3, -0.25) is 9.78 Å². The normalized spacial score (nSPS) is 13.7. The molecule has 2 aromatic rings. The van der Waals surface area contributed by atoms with Gasteiger partial charge in [-0.05, 0) is 43.4 Å². The zero-order valence-electron chi connectivity index (χ0n) is 13.0. The molecule has 0 radical (unpaired) electrons.